The standard InChI is InChI=1S/C15H16N2O2/c1-10(11-4-8-14(18)9-5-11)17-13-6-2-12(3-7-13)15(16)19/h2-10,17-18H,1H3,(H2,16,19). The van der Waals surface area contributed by atoms with Gasteiger partial charge in [0.15, 0.2) is 0 Å². The van der Waals surface area contributed by atoms with Crippen LogP contribution in [0.3, 0.4) is 0 Å². The molecule has 0 bridgehead atoms. The zero-order chi connectivity index (χ0) is 13.8. The van der Waals surface area contributed by atoms with Gasteiger partial charge in [-0.2, -0.15) is 0 Å². The summed E-state index contributed by atoms with van der Waals surface area (Å²) in [7, 11) is 0. The van der Waals surface area contributed by atoms with Crippen LogP contribution in [0, 0.1) is 0 Å². The fourth-order valence-corrected chi connectivity index (χ4v) is 1.83. The van der Waals surface area contributed by atoms with E-state index in [-0.39, 0.29) is 11.8 Å². The van der Waals surface area contributed by atoms with Gasteiger partial charge in [0.25, 0.3) is 0 Å². The molecule has 0 saturated heterocycles. The lowest BCUT2D eigenvalue weighted by atomic mass is 10.1. The van der Waals surface area contributed by atoms with Gasteiger partial charge in [-0.05, 0) is 48.9 Å². The number of benzene rings is 2. The van der Waals surface area contributed by atoms with E-state index in [9.17, 15) is 9.90 Å². The molecular formula is C15H16N2O2. The summed E-state index contributed by atoms with van der Waals surface area (Å²) in [4.78, 5) is 11.0. The molecule has 0 heterocycles. The maximum Gasteiger partial charge on any atom is 0.248 e. The molecule has 0 spiro atoms. The molecule has 4 heteroatoms. The molecule has 1 unspecified atom stereocenters. The van der Waals surface area contributed by atoms with Crippen LogP contribution in [-0.2, 0) is 0 Å². The predicted octanol–water partition coefficient (Wildman–Crippen LogP) is 2.66. The molecule has 98 valence electrons. The first-order chi connectivity index (χ1) is 9.06. The Labute approximate surface area is 111 Å². The molecular weight excluding hydrogens is 240 g/mol. The van der Waals surface area contributed by atoms with Crippen molar-refractivity contribution < 1.29 is 9.90 Å². The van der Waals surface area contributed by atoms with Gasteiger partial charge < -0.3 is 16.2 Å². The van der Waals surface area contributed by atoms with Crippen LogP contribution in [0.1, 0.15) is 28.9 Å². The molecule has 0 aliphatic rings. The smallest absolute Gasteiger partial charge is 0.248 e. The van der Waals surface area contributed by atoms with Gasteiger partial charge in [-0.3, -0.25) is 4.79 Å². The van der Waals surface area contributed by atoms with E-state index in [0.29, 0.717) is 5.56 Å². The van der Waals surface area contributed by atoms with Crippen LogP contribution in [-0.4, -0.2) is 11.0 Å². The second kappa shape index (κ2) is 5.44. The van der Waals surface area contributed by atoms with Crippen molar-refractivity contribution in [3.05, 3.63) is 59.7 Å². The minimum absolute atomic E-state index is 0.0972. The van der Waals surface area contributed by atoms with Crippen LogP contribution < -0.4 is 11.1 Å². The van der Waals surface area contributed by atoms with Gasteiger partial charge in [0, 0.05) is 17.3 Å². The normalized spacial score (nSPS) is 11.8. The van der Waals surface area contributed by atoms with Gasteiger partial charge in [-0.1, -0.05) is 12.1 Å². The molecule has 1 amide bonds. The molecule has 2 aromatic rings. The lowest BCUT2D eigenvalue weighted by molar-refractivity contribution is 0.100. The number of hydrogen-bond acceptors (Lipinski definition) is 3. The largest absolute Gasteiger partial charge is 0.508 e. The number of hydrogen-bond donors (Lipinski definition) is 3. The topological polar surface area (TPSA) is 75.3 Å². The third-order valence-electron chi connectivity index (χ3n) is 2.95. The molecule has 0 saturated carbocycles. The second-order valence-corrected chi connectivity index (χ2v) is 4.40. The van der Waals surface area contributed by atoms with Gasteiger partial charge in [0.1, 0.15) is 5.75 Å². The van der Waals surface area contributed by atoms with E-state index in [1.54, 1.807) is 24.3 Å². The van der Waals surface area contributed by atoms with E-state index in [0.717, 1.165) is 11.3 Å². The number of nitrogens with one attached hydrogen (secondary N) is 1. The Morgan fingerprint density at radius 3 is 2.21 bits per heavy atom. The second-order valence-electron chi connectivity index (χ2n) is 4.40. The summed E-state index contributed by atoms with van der Waals surface area (Å²) in [5, 5.41) is 12.6. The molecule has 4 nitrogen and oxygen atoms in total. The minimum atomic E-state index is -0.432. The number of nitrogens with two attached hydrogens (primary N) is 1. The van der Waals surface area contributed by atoms with Crippen LogP contribution in [0.15, 0.2) is 48.5 Å². The summed E-state index contributed by atoms with van der Waals surface area (Å²) >= 11 is 0. The molecule has 0 aliphatic carbocycles. The molecule has 0 fully saturated rings. The Morgan fingerprint density at radius 2 is 1.68 bits per heavy atom. The Bertz CT molecular complexity index is 562. The number of phenols is 1. The number of phenolic OH excluding ortho intramolecular Hbond substituents is 1. The summed E-state index contributed by atoms with van der Waals surface area (Å²) in [6, 6.07) is 14.2. The predicted molar refractivity (Wildman–Crippen MR) is 75.1 cm³/mol. The number of carbonyl (C=O) groups is 1. The van der Waals surface area contributed by atoms with Gasteiger partial charge >= 0.3 is 0 Å². The zero-order valence-electron chi connectivity index (χ0n) is 10.6. The fourth-order valence-electron chi connectivity index (χ4n) is 1.83. The molecule has 2 aromatic carbocycles. The van der Waals surface area contributed by atoms with Crippen LogP contribution in [0.25, 0.3) is 0 Å². The lowest BCUT2D eigenvalue weighted by Crippen LogP contribution is -2.11. The Morgan fingerprint density at radius 1 is 1.11 bits per heavy atom. The first-order valence-electron chi connectivity index (χ1n) is 6.01. The van der Waals surface area contributed by atoms with Gasteiger partial charge in [-0.15, -0.1) is 0 Å². The van der Waals surface area contributed by atoms with Crippen molar-refractivity contribution in [3.63, 3.8) is 0 Å². The number of aromatic hydroxyl groups is 1. The van der Waals surface area contributed by atoms with E-state index in [2.05, 4.69) is 5.32 Å². The molecule has 19 heavy (non-hydrogen) atoms. The number of amides is 1. The molecule has 0 radical (unpaired) electrons. The number of carbonyl (C=O) groups excluding carboxylic acids is 1. The van der Waals surface area contributed by atoms with Crippen molar-refractivity contribution in [3.8, 4) is 5.75 Å². The third kappa shape index (κ3) is 3.25. The summed E-state index contributed by atoms with van der Waals surface area (Å²) in [6.45, 7) is 2.02. The highest BCUT2D eigenvalue weighted by Crippen LogP contribution is 2.21. The van der Waals surface area contributed by atoms with Crippen molar-refractivity contribution in [2.24, 2.45) is 5.73 Å². The molecule has 0 aliphatic heterocycles. The first-order valence-corrected chi connectivity index (χ1v) is 6.01. The highest BCUT2D eigenvalue weighted by molar-refractivity contribution is 5.93. The van der Waals surface area contributed by atoms with Crippen LogP contribution in [0.5, 0.6) is 5.75 Å². The molecule has 2 rings (SSSR count). The van der Waals surface area contributed by atoms with E-state index >= 15 is 0 Å². The third-order valence-corrected chi connectivity index (χ3v) is 2.95. The summed E-state index contributed by atoms with van der Waals surface area (Å²) in [6.07, 6.45) is 0. The first kappa shape index (κ1) is 13.0. The van der Waals surface area contributed by atoms with Crippen LogP contribution in [0.2, 0.25) is 0 Å². The zero-order valence-corrected chi connectivity index (χ0v) is 10.6. The average molecular weight is 256 g/mol. The number of primary amides is 1. The highest BCUT2D eigenvalue weighted by atomic mass is 16.3. The van der Waals surface area contributed by atoms with E-state index in [1.165, 1.54) is 0 Å². The summed E-state index contributed by atoms with van der Waals surface area (Å²) in [5.74, 6) is -0.181. The van der Waals surface area contributed by atoms with Crippen molar-refractivity contribution in [2.45, 2.75) is 13.0 Å². The maximum atomic E-state index is 11.0. The van der Waals surface area contributed by atoms with Crippen molar-refractivity contribution >= 4 is 11.6 Å². The summed E-state index contributed by atoms with van der Waals surface area (Å²) < 4.78 is 0. The SMILES string of the molecule is CC(Nc1ccc(C(N)=O)cc1)c1ccc(O)cc1. The Hall–Kier alpha value is -2.49. The average Bonchev–Trinajstić information content (AvgIpc) is 2.40. The maximum absolute atomic E-state index is 11.0. The van der Waals surface area contributed by atoms with E-state index < -0.39 is 5.91 Å². The van der Waals surface area contributed by atoms with Gasteiger partial charge in [0.05, 0.1) is 0 Å². The Balaban J connectivity index is 2.08. The monoisotopic (exact) mass is 256 g/mol. The van der Waals surface area contributed by atoms with Gasteiger partial charge in [-0.25, -0.2) is 0 Å². The Kier molecular flexibility index (Phi) is 3.71. The van der Waals surface area contributed by atoms with E-state index in [4.69, 9.17) is 5.73 Å². The minimum Gasteiger partial charge on any atom is -0.508 e. The summed E-state index contributed by atoms with van der Waals surface area (Å²) in [5.41, 5.74) is 7.65. The van der Waals surface area contributed by atoms with Crippen molar-refractivity contribution in [1.29, 1.82) is 0 Å². The molecule has 0 aromatic heterocycles. The van der Waals surface area contributed by atoms with Gasteiger partial charge in [0.2, 0.25) is 5.91 Å². The van der Waals surface area contributed by atoms with Crippen LogP contribution >= 0.6 is 0 Å². The highest BCUT2D eigenvalue weighted by Gasteiger charge is 2.06. The molecule has 4 N–H and O–H groups in total. The van der Waals surface area contributed by atoms with Crippen molar-refractivity contribution in [1.82, 2.24) is 0 Å². The molecule has 1 atom stereocenters. The van der Waals surface area contributed by atoms with E-state index in [1.807, 2.05) is 31.2 Å². The van der Waals surface area contributed by atoms with Crippen LogP contribution in [0.4, 0.5) is 5.69 Å². The quantitative estimate of drug-likeness (QED) is 0.787. The fraction of sp³-hybridized carbons (Fsp3) is 0.133. The lowest BCUT2D eigenvalue weighted by Gasteiger charge is -2.16. The number of rotatable bonds is 4. The van der Waals surface area contributed by atoms with Crippen molar-refractivity contribution in [2.75, 3.05) is 5.32 Å². The number of anilines is 1.